The second-order valence-electron chi connectivity index (χ2n) is 1.40. The van der Waals surface area contributed by atoms with Gasteiger partial charge in [0.15, 0.2) is 0 Å². The summed E-state index contributed by atoms with van der Waals surface area (Å²) in [7, 11) is 0. The Hall–Kier alpha value is -1.05. The van der Waals surface area contributed by atoms with E-state index in [1.807, 2.05) is 12.3 Å². The summed E-state index contributed by atoms with van der Waals surface area (Å²) in [6, 6.07) is 0. The second kappa shape index (κ2) is 2.31. The maximum absolute atomic E-state index is 3.92. The van der Waals surface area contributed by atoms with Crippen molar-refractivity contribution >= 4 is 6.08 Å². The lowest BCUT2D eigenvalue weighted by atomic mass is 10.4. The molecular weight excluding hydrogens is 100 g/mol. The summed E-state index contributed by atoms with van der Waals surface area (Å²) in [6.45, 7) is 3.53. The van der Waals surface area contributed by atoms with Crippen molar-refractivity contribution in [3.05, 3.63) is 31.2 Å². The molecule has 0 aliphatic rings. The molecule has 1 radical (unpaired) electrons. The molecule has 0 saturated carbocycles. The van der Waals surface area contributed by atoms with Crippen molar-refractivity contribution in [3.63, 3.8) is 0 Å². The zero-order valence-corrected chi connectivity index (χ0v) is 4.46. The van der Waals surface area contributed by atoms with Crippen molar-refractivity contribution < 1.29 is 0 Å². The molecule has 0 aromatic carbocycles. The third-order valence-corrected chi connectivity index (χ3v) is 0.808. The number of nitrogens with one attached hydrogen (secondary N) is 1. The van der Waals surface area contributed by atoms with E-state index >= 15 is 0 Å². The quantitative estimate of drug-likeness (QED) is 0.575. The van der Waals surface area contributed by atoms with Crippen LogP contribution in [0.25, 0.3) is 6.08 Å². The van der Waals surface area contributed by atoms with Gasteiger partial charge in [0, 0.05) is 6.20 Å². The SMILES string of the molecule is [CH2]C=Cc1c[nH]cn1. The number of nitrogens with zero attached hydrogens (tertiary/aromatic N) is 1. The summed E-state index contributed by atoms with van der Waals surface area (Å²) in [5, 5.41) is 0. The first-order valence-corrected chi connectivity index (χ1v) is 2.38. The molecule has 8 heavy (non-hydrogen) atoms. The molecule has 0 atom stereocenters. The number of rotatable bonds is 1. The molecule has 1 aromatic heterocycles. The predicted octanol–water partition coefficient (Wildman–Crippen LogP) is 1.26. The normalized spacial score (nSPS) is 10.6. The highest BCUT2D eigenvalue weighted by atomic mass is 14.8. The summed E-state index contributed by atoms with van der Waals surface area (Å²) in [5.41, 5.74) is 0.917. The lowest BCUT2D eigenvalue weighted by molar-refractivity contribution is 1.31. The molecule has 0 fully saturated rings. The molecule has 2 nitrogen and oxygen atoms in total. The fraction of sp³-hybridized carbons (Fsp3) is 0. The van der Waals surface area contributed by atoms with Gasteiger partial charge in [-0.15, -0.1) is 0 Å². The minimum Gasteiger partial charge on any atom is -0.351 e. The molecule has 41 valence electrons. The molecule has 0 aliphatic carbocycles. The van der Waals surface area contributed by atoms with Gasteiger partial charge in [-0.3, -0.25) is 0 Å². The minimum atomic E-state index is 0.917. The van der Waals surface area contributed by atoms with Gasteiger partial charge in [-0.1, -0.05) is 6.08 Å². The molecule has 0 unspecified atom stereocenters. The van der Waals surface area contributed by atoms with Crippen LogP contribution in [0.3, 0.4) is 0 Å². The van der Waals surface area contributed by atoms with Gasteiger partial charge in [-0.25, -0.2) is 4.98 Å². The zero-order valence-electron chi connectivity index (χ0n) is 4.46. The Labute approximate surface area is 48.3 Å². The topological polar surface area (TPSA) is 28.7 Å². The number of allylic oxidation sites excluding steroid dienone is 1. The van der Waals surface area contributed by atoms with E-state index in [-0.39, 0.29) is 0 Å². The van der Waals surface area contributed by atoms with Gasteiger partial charge in [0.05, 0.1) is 12.0 Å². The summed E-state index contributed by atoms with van der Waals surface area (Å²) < 4.78 is 0. The van der Waals surface area contributed by atoms with E-state index in [2.05, 4.69) is 16.9 Å². The third-order valence-electron chi connectivity index (χ3n) is 0.808. The average Bonchev–Trinajstić information content (AvgIpc) is 2.19. The fourth-order valence-corrected chi connectivity index (χ4v) is 0.484. The maximum Gasteiger partial charge on any atom is 0.0927 e. The number of aromatic nitrogens is 2. The Morgan fingerprint density at radius 2 is 2.62 bits per heavy atom. The van der Waals surface area contributed by atoms with Crippen molar-refractivity contribution in [3.8, 4) is 0 Å². The highest BCUT2D eigenvalue weighted by Crippen LogP contribution is 1.91. The number of H-pyrrole nitrogens is 1. The summed E-state index contributed by atoms with van der Waals surface area (Å²) in [6.07, 6.45) is 6.98. The summed E-state index contributed by atoms with van der Waals surface area (Å²) in [4.78, 5) is 6.75. The lowest BCUT2D eigenvalue weighted by Gasteiger charge is -1.73. The van der Waals surface area contributed by atoms with Gasteiger partial charge in [0.25, 0.3) is 0 Å². The van der Waals surface area contributed by atoms with Gasteiger partial charge >= 0.3 is 0 Å². The Morgan fingerprint density at radius 1 is 1.75 bits per heavy atom. The van der Waals surface area contributed by atoms with Crippen LogP contribution in [0.1, 0.15) is 5.69 Å². The van der Waals surface area contributed by atoms with Gasteiger partial charge < -0.3 is 4.98 Å². The van der Waals surface area contributed by atoms with Gasteiger partial charge in [-0.05, 0) is 13.0 Å². The van der Waals surface area contributed by atoms with E-state index < -0.39 is 0 Å². The average molecular weight is 107 g/mol. The Kier molecular flexibility index (Phi) is 1.47. The molecule has 1 heterocycles. The zero-order chi connectivity index (χ0) is 5.82. The van der Waals surface area contributed by atoms with Gasteiger partial charge in [-0.2, -0.15) is 0 Å². The van der Waals surface area contributed by atoms with Crippen molar-refractivity contribution in [2.75, 3.05) is 0 Å². The predicted molar refractivity (Wildman–Crippen MR) is 33.0 cm³/mol. The molecule has 0 saturated heterocycles. The summed E-state index contributed by atoms with van der Waals surface area (Å²) >= 11 is 0. The molecule has 1 aromatic rings. The van der Waals surface area contributed by atoms with E-state index in [1.165, 1.54) is 0 Å². The molecule has 1 rings (SSSR count). The highest BCUT2D eigenvalue weighted by Gasteiger charge is 1.80. The van der Waals surface area contributed by atoms with E-state index in [9.17, 15) is 0 Å². The van der Waals surface area contributed by atoms with Gasteiger partial charge in [0.2, 0.25) is 0 Å². The lowest BCUT2D eigenvalue weighted by Crippen LogP contribution is -1.63. The Balaban J connectivity index is 2.77. The maximum atomic E-state index is 3.92. The summed E-state index contributed by atoms with van der Waals surface area (Å²) in [5.74, 6) is 0. The smallest absolute Gasteiger partial charge is 0.0927 e. The van der Waals surface area contributed by atoms with Gasteiger partial charge in [0.1, 0.15) is 0 Å². The van der Waals surface area contributed by atoms with Crippen LogP contribution in [0.5, 0.6) is 0 Å². The molecule has 2 heteroatoms. The standard InChI is InChI=1S/C6H7N2/c1-2-3-6-4-7-5-8-6/h2-5H,1H2,(H,7,8). The molecular formula is C6H7N2. The van der Waals surface area contributed by atoms with Crippen LogP contribution >= 0.6 is 0 Å². The number of hydrogen-bond acceptors (Lipinski definition) is 1. The number of aromatic amines is 1. The second-order valence-corrected chi connectivity index (χ2v) is 1.40. The first-order chi connectivity index (χ1) is 3.93. The van der Waals surface area contributed by atoms with Crippen LogP contribution in [0.15, 0.2) is 18.6 Å². The first kappa shape index (κ1) is 5.09. The molecule has 0 amide bonds. The van der Waals surface area contributed by atoms with Crippen LogP contribution in [0.2, 0.25) is 0 Å². The van der Waals surface area contributed by atoms with Crippen LogP contribution in [-0.4, -0.2) is 9.97 Å². The fourth-order valence-electron chi connectivity index (χ4n) is 0.484. The molecule has 0 bridgehead atoms. The molecule has 0 spiro atoms. The van der Waals surface area contributed by atoms with Crippen LogP contribution in [0.4, 0.5) is 0 Å². The molecule has 1 N–H and O–H groups in total. The third kappa shape index (κ3) is 0.964. The first-order valence-electron chi connectivity index (χ1n) is 2.38. The largest absolute Gasteiger partial charge is 0.351 e. The number of hydrogen-bond donors (Lipinski definition) is 1. The number of imidazole rings is 1. The van der Waals surface area contributed by atoms with E-state index in [0.717, 1.165) is 5.69 Å². The van der Waals surface area contributed by atoms with Crippen molar-refractivity contribution in [1.82, 2.24) is 9.97 Å². The van der Waals surface area contributed by atoms with Crippen LogP contribution in [-0.2, 0) is 0 Å². The molecule has 0 aliphatic heterocycles. The highest BCUT2D eigenvalue weighted by molar-refractivity contribution is 5.42. The monoisotopic (exact) mass is 107 g/mol. The van der Waals surface area contributed by atoms with E-state index in [0.29, 0.717) is 0 Å². The van der Waals surface area contributed by atoms with Crippen molar-refractivity contribution in [2.45, 2.75) is 0 Å². The van der Waals surface area contributed by atoms with Crippen LogP contribution in [0, 0.1) is 6.92 Å². The Morgan fingerprint density at radius 3 is 3.12 bits per heavy atom. The Bertz CT molecular complexity index is 163. The van der Waals surface area contributed by atoms with Crippen molar-refractivity contribution in [1.29, 1.82) is 0 Å². The van der Waals surface area contributed by atoms with E-state index in [4.69, 9.17) is 0 Å². The minimum absolute atomic E-state index is 0.917. The van der Waals surface area contributed by atoms with Crippen molar-refractivity contribution in [2.24, 2.45) is 0 Å². The van der Waals surface area contributed by atoms with Crippen LogP contribution < -0.4 is 0 Å². The van der Waals surface area contributed by atoms with E-state index in [1.54, 1.807) is 12.4 Å².